The number of rotatable bonds is 4. The lowest BCUT2D eigenvalue weighted by molar-refractivity contribution is -0.157. The lowest BCUT2D eigenvalue weighted by Gasteiger charge is -2.15. The maximum atomic E-state index is 11.4. The molecule has 0 fully saturated rings. The number of hydrogen-bond acceptors (Lipinski definition) is 4. The Hall–Kier alpha value is -1.49. The lowest BCUT2D eigenvalue weighted by Crippen LogP contribution is -2.35. The van der Waals surface area contributed by atoms with E-state index in [0.717, 1.165) is 5.56 Å². The molecule has 1 amide bonds. The zero-order chi connectivity index (χ0) is 13.5. The number of carbonyl (C=O) groups is 2. The Kier molecular flexibility index (Phi) is 5.71. The highest BCUT2D eigenvalue weighted by Gasteiger charge is 2.18. The van der Waals surface area contributed by atoms with Gasteiger partial charge in [0.25, 0.3) is 0 Å². The number of benzene rings is 1. The molecular formula is C13H17NO3S. The molecule has 0 unspecified atom stereocenters. The SMILES string of the molecule is COC(=O)C(=O)N(C)CCc1ccc(SC)cc1. The van der Waals surface area contributed by atoms with Crippen LogP contribution in [0.4, 0.5) is 0 Å². The zero-order valence-corrected chi connectivity index (χ0v) is 11.6. The summed E-state index contributed by atoms with van der Waals surface area (Å²) in [4.78, 5) is 25.1. The van der Waals surface area contributed by atoms with E-state index in [1.165, 1.54) is 16.9 Å². The fraction of sp³-hybridized carbons (Fsp3) is 0.385. The maximum absolute atomic E-state index is 11.4. The lowest BCUT2D eigenvalue weighted by atomic mass is 10.1. The van der Waals surface area contributed by atoms with Crippen LogP contribution >= 0.6 is 11.8 Å². The van der Waals surface area contributed by atoms with Gasteiger partial charge in [-0.25, -0.2) is 4.79 Å². The second kappa shape index (κ2) is 7.06. The topological polar surface area (TPSA) is 46.6 Å². The third-order valence-electron chi connectivity index (χ3n) is 2.60. The Morgan fingerprint density at radius 3 is 2.39 bits per heavy atom. The van der Waals surface area contributed by atoms with Crippen molar-refractivity contribution in [3.63, 3.8) is 0 Å². The minimum Gasteiger partial charge on any atom is -0.462 e. The summed E-state index contributed by atoms with van der Waals surface area (Å²) in [6.07, 6.45) is 2.74. The van der Waals surface area contributed by atoms with E-state index < -0.39 is 11.9 Å². The van der Waals surface area contributed by atoms with Gasteiger partial charge in [0, 0.05) is 18.5 Å². The van der Waals surface area contributed by atoms with Gasteiger partial charge < -0.3 is 9.64 Å². The monoisotopic (exact) mass is 267 g/mol. The van der Waals surface area contributed by atoms with E-state index in [1.807, 2.05) is 30.5 Å². The van der Waals surface area contributed by atoms with E-state index in [-0.39, 0.29) is 0 Å². The fourth-order valence-electron chi connectivity index (χ4n) is 1.43. The fourth-order valence-corrected chi connectivity index (χ4v) is 1.84. The molecule has 18 heavy (non-hydrogen) atoms. The molecule has 0 spiro atoms. The molecule has 4 nitrogen and oxygen atoms in total. The molecule has 1 rings (SSSR count). The van der Waals surface area contributed by atoms with E-state index >= 15 is 0 Å². The summed E-state index contributed by atoms with van der Waals surface area (Å²) in [7, 11) is 2.80. The largest absolute Gasteiger partial charge is 0.462 e. The van der Waals surface area contributed by atoms with Crippen LogP contribution < -0.4 is 0 Å². The molecule has 0 heterocycles. The highest BCUT2D eigenvalue weighted by molar-refractivity contribution is 7.98. The van der Waals surface area contributed by atoms with Crippen LogP contribution in [0, 0.1) is 0 Å². The van der Waals surface area contributed by atoms with Crippen molar-refractivity contribution >= 4 is 23.6 Å². The molecule has 0 N–H and O–H groups in total. The van der Waals surface area contributed by atoms with E-state index in [0.29, 0.717) is 13.0 Å². The predicted octanol–water partition coefficient (Wildman–Crippen LogP) is 1.58. The van der Waals surface area contributed by atoms with Gasteiger partial charge in [-0.3, -0.25) is 4.79 Å². The van der Waals surface area contributed by atoms with Crippen molar-refractivity contribution in [1.82, 2.24) is 4.90 Å². The van der Waals surface area contributed by atoms with Crippen LogP contribution in [0.1, 0.15) is 5.56 Å². The van der Waals surface area contributed by atoms with Gasteiger partial charge >= 0.3 is 11.9 Å². The van der Waals surface area contributed by atoms with E-state index in [2.05, 4.69) is 4.74 Å². The summed E-state index contributed by atoms with van der Waals surface area (Å²) in [5.41, 5.74) is 1.14. The van der Waals surface area contributed by atoms with Crippen LogP contribution in [0.3, 0.4) is 0 Å². The summed E-state index contributed by atoms with van der Waals surface area (Å²) >= 11 is 1.69. The average molecular weight is 267 g/mol. The Morgan fingerprint density at radius 2 is 1.89 bits per heavy atom. The molecule has 5 heteroatoms. The summed E-state index contributed by atoms with van der Waals surface area (Å²) in [6.45, 7) is 0.493. The van der Waals surface area contributed by atoms with E-state index in [9.17, 15) is 9.59 Å². The van der Waals surface area contributed by atoms with Gasteiger partial charge in [0.1, 0.15) is 0 Å². The number of ether oxygens (including phenoxy) is 1. The van der Waals surface area contributed by atoms with Crippen molar-refractivity contribution in [2.45, 2.75) is 11.3 Å². The molecule has 0 saturated carbocycles. The molecule has 0 atom stereocenters. The van der Waals surface area contributed by atoms with Crippen LogP contribution in [-0.4, -0.2) is 43.7 Å². The first kappa shape index (κ1) is 14.6. The van der Waals surface area contributed by atoms with E-state index in [4.69, 9.17) is 0 Å². The molecule has 98 valence electrons. The third kappa shape index (κ3) is 4.07. The minimum absolute atomic E-state index is 0.493. The molecule has 0 aliphatic rings. The maximum Gasteiger partial charge on any atom is 0.396 e. The first-order valence-corrected chi connectivity index (χ1v) is 6.77. The first-order chi connectivity index (χ1) is 8.58. The van der Waals surface area contributed by atoms with Gasteiger partial charge in [0.2, 0.25) is 0 Å². The highest BCUT2D eigenvalue weighted by Crippen LogP contribution is 2.15. The number of amides is 1. The summed E-state index contributed by atoms with van der Waals surface area (Å²) < 4.78 is 4.38. The van der Waals surface area contributed by atoms with Gasteiger partial charge in [-0.05, 0) is 30.4 Å². The van der Waals surface area contributed by atoms with Gasteiger partial charge in [0.05, 0.1) is 7.11 Å². The number of likely N-dealkylation sites (N-methyl/N-ethyl adjacent to an activating group) is 1. The Balaban J connectivity index is 2.49. The molecule has 0 radical (unpaired) electrons. The Bertz CT molecular complexity index is 417. The van der Waals surface area contributed by atoms with Crippen molar-refractivity contribution in [3.05, 3.63) is 29.8 Å². The van der Waals surface area contributed by atoms with Gasteiger partial charge in [-0.15, -0.1) is 11.8 Å². The molecule has 0 aromatic heterocycles. The highest BCUT2D eigenvalue weighted by atomic mass is 32.2. The van der Waals surface area contributed by atoms with Crippen LogP contribution in [0.15, 0.2) is 29.2 Å². The molecular weight excluding hydrogens is 250 g/mol. The molecule has 0 bridgehead atoms. The summed E-state index contributed by atoms with van der Waals surface area (Å²) in [5, 5.41) is 0. The first-order valence-electron chi connectivity index (χ1n) is 5.54. The molecule has 0 saturated heterocycles. The van der Waals surface area contributed by atoms with Crippen molar-refractivity contribution < 1.29 is 14.3 Å². The van der Waals surface area contributed by atoms with Crippen LogP contribution in [0.2, 0.25) is 0 Å². The molecule has 1 aromatic carbocycles. The number of carbonyl (C=O) groups excluding carboxylic acids is 2. The number of nitrogens with zero attached hydrogens (tertiary/aromatic N) is 1. The van der Waals surface area contributed by atoms with Crippen molar-refractivity contribution in [1.29, 1.82) is 0 Å². The van der Waals surface area contributed by atoms with Crippen molar-refractivity contribution in [2.24, 2.45) is 0 Å². The number of hydrogen-bond donors (Lipinski definition) is 0. The Morgan fingerprint density at radius 1 is 1.28 bits per heavy atom. The smallest absolute Gasteiger partial charge is 0.396 e. The number of esters is 1. The zero-order valence-electron chi connectivity index (χ0n) is 10.8. The van der Waals surface area contributed by atoms with Crippen molar-refractivity contribution in [3.8, 4) is 0 Å². The van der Waals surface area contributed by atoms with Crippen LogP contribution in [0.5, 0.6) is 0 Å². The molecule has 0 aliphatic carbocycles. The van der Waals surface area contributed by atoms with Gasteiger partial charge in [-0.1, -0.05) is 12.1 Å². The number of methoxy groups -OCH3 is 1. The minimum atomic E-state index is -0.824. The number of thioether (sulfide) groups is 1. The average Bonchev–Trinajstić information content (AvgIpc) is 2.43. The van der Waals surface area contributed by atoms with Crippen molar-refractivity contribution in [2.75, 3.05) is 27.0 Å². The molecule has 0 aliphatic heterocycles. The van der Waals surface area contributed by atoms with Gasteiger partial charge in [0.15, 0.2) is 0 Å². The van der Waals surface area contributed by atoms with Crippen LogP contribution in [-0.2, 0) is 20.7 Å². The predicted molar refractivity (Wildman–Crippen MR) is 71.6 cm³/mol. The second-order valence-electron chi connectivity index (χ2n) is 3.82. The summed E-state index contributed by atoms with van der Waals surface area (Å²) in [5.74, 6) is -1.44. The van der Waals surface area contributed by atoms with E-state index in [1.54, 1.807) is 18.8 Å². The van der Waals surface area contributed by atoms with Gasteiger partial charge in [-0.2, -0.15) is 0 Å². The van der Waals surface area contributed by atoms with Crippen LogP contribution in [0.25, 0.3) is 0 Å². The molecule has 1 aromatic rings. The third-order valence-corrected chi connectivity index (χ3v) is 3.35. The summed E-state index contributed by atoms with van der Waals surface area (Å²) in [6, 6.07) is 8.15. The Labute approximate surface area is 111 Å². The normalized spacial score (nSPS) is 9.94. The standard InChI is InChI=1S/C13H17NO3S/c1-14(12(15)13(16)17-2)9-8-10-4-6-11(18-3)7-5-10/h4-7H,8-9H2,1-3H3. The second-order valence-corrected chi connectivity index (χ2v) is 4.70. The quantitative estimate of drug-likeness (QED) is 0.472.